The molecule has 1 fully saturated rings. The van der Waals surface area contributed by atoms with Crippen molar-refractivity contribution in [2.24, 2.45) is 0 Å². The molecule has 0 aliphatic carbocycles. The van der Waals surface area contributed by atoms with E-state index in [9.17, 15) is 9.59 Å². The lowest BCUT2D eigenvalue weighted by atomic mass is 10.1. The molecule has 20 heavy (non-hydrogen) atoms. The molecule has 0 saturated carbocycles. The quantitative estimate of drug-likeness (QED) is 0.897. The number of hydrogen-bond donors (Lipinski definition) is 1. The normalized spacial score (nSPS) is 24.2. The zero-order valence-corrected chi connectivity index (χ0v) is 12.0. The van der Waals surface area contributed by atoms with Crippen LogP contribution in [0.15, 0.2) is 22.8 Å². The van der Waals surface area contributed by atoms with Crippen LogP contribution in [-0.4, -0.2) is 48.1 Å². The Morgan fingerprint density at radius 3 is 2.85 bits per heavy atom. The van der Waals surface area contributed by atoms with E-state index >= 15 is 0 Å². The van der Waals surface area contributed by atoms with Gasteiger partial charge in [0.15, 0.2) is 5.76 Å². The molecule has 3 atom stereocenters. The average molecular weight is 280 g/mol. The summed E-state index contributed by atoms with van der Waals surface area (Å²) in [6.45, 7) is 6.60. The van der Waals surface area contributed by atoms with Crippen LogP contribution in [0.2, 0.25) is 0 Å². The Bertz CT molecular complexity index is 472. The molecule has 3 unspecified atom stereocenters. The number of carbonyl (C=O) groups excluding carboxylic acids is 2. The highest BCUT2D eigenvalue weighted by Crippen LogP contribution is 2.13. The van der Waals surface area contributed by atoms with Crippen molar-refractivity contribution < 1.29 is 18.7 Å². The largest absolute Gasteiger partial charge is 0.459 e. The predicted octanol–water partition coefficient (Wildman–Crippen LogP) is 1.03. The maximum Gasteiger partial charge on any atom is 0.287 e. The van der Waals surface area contributed by atoms with E-state index in [4.69, 9.17) is 9.15 Å². The Hall–Kier alpha value is -1.82. The lowest BCUT2D eigenvalue weighted by Gasteiger charge is -2.38. The lowest BCUT2D eigenvalue weighted by molar-refractivity contribution is -0.144. The molecule has 2 rings (SSSR count). The van der Waals surface area contributed by atoms with Crippen molar-refractivity contribution in [1.29, 1.82) is 0 Å². The topological polar surface area (TPSA) is 71.8 Å². The molecule has 1 N–H and O–H groups in total. The molecule has 1 aliphatic heterocycles. The Labute approximate surface area is 118 Å². The Morgan fingerprint density at radius 2 is 2.20 bits per heavy atom. The molecule has 1 saturated heterocycles. The highest BCUT2D eigenvalue weighted by molar-refractivity contribution is 5.95. The average Bonchev–Trinajstić information content (AvgIpc) is 2.94. The van der Waals surface area contributed by atoms with Crippen LogP contribution >= 0.6 is 0 Å². The van der Waals surface area contributed by atoms with Gasteiger partial charge in [0.1, 0.15) is 6.04 Å². The third kappa shape index (κ3) is 3.19. The van der Waals surface area contributed by atoms with E-state index in [1.54, 1.807) is 24.0 Å². The van der Waals surface area contributed by atoms with Crippen LogP contribution in [-0.2, 0) is 9.53 Å². The van der Waals surface area contributed by atoms with E-state index in [-0.39, 0.29) is 29.7 Å². The summed E-state index contributed by atoms with van der Waals surface area (Å²) in [5.74, 6) is -0.287. The van der Waals surface area contributed by atoms with Crippen molar-refractivity contribution in [2.75, 3.05) is 13.2 Å². The fraction of sp³-hybridized carbons (Fsp3) is 0.571. The van der Waals surface area contributed by atoms with Crippen LogP contribution in [0.1, 0.15) is 31.3 Å². The molecule has 6 heteroatoms. The molecule has 2 amide bonds. The fourth-order valence-corrected chi connectivity index (χ4v) is 2.20. The number of rotatable bonds is 3. The SMILES string of the molecule is CC1CN(C(=O)C(C)NC(=O)c2ccco2)C(C)CO1. The number of ether oxygens (including phenoxy) is 1. The highest BCUT2D eigenvalue weighted by atomic mass is 16.5. The van der Waals surface area contributed by atoms with Crippen LogP contribution in [0.5, 0.6) is 0 Å². The van der Waals surface area contributed by atoms with Gasteiger partial charge in [-0.1, -0.05) is 0 Å². The van der Waals surface area contributed by atoms with Crippen molar-refractivity contribution in [3.63, 3.8) is 0 Å². The molecule has 0 radical (unpaired) electrons. The Kier molecular flexibility index (Phi) is 4.44. The van der Waals surface area contributed by atoms with Gasteiger partial charge in [0, 0.05) is 6.54 Å². The number of amides is 2. The van der Waals surface area contributed by atoms with Gasteiger partial charge >= 0.3 is 0 Å². The van der Waals surface area contributed by atoms with Crippen LogP contribution in [0, 0.1) is 0 Å². The number of furan rings is 1. The van der Waals surface area contributed by atoms with Gasteiger partial charge in [0.05, 0.1) is 25.0 Å². The number of nitrogens with one attached hydrogen (secondary N) is 1. The maximum absolute atomic E-state index is 12.4. The van der Waals surface area contributed by atoms with Crippen molar-refractivity contribution in [3.8, 4) is 0 Å². The summed E-state index contributed by atoms with van der Waals surface area (Å²) in [4.78, 5) is 26.0. The summed E-state index contributed by atoms with van der Waals surface area (Å²) in [6, 6.07) is 2.61. The second-order valence-electron chi connectivity index (χ2n) is 5.16. The van der Waals surface area contributed by atoms with E-state index in [1.807, 2.05) is 13.8 Å². The first-order valence-corrected chi connectivity index (χ1v) is 6.75. The maximum atomic E-state index is 12.4. The van der Waals surface area contributed by atoms with E-state index < -0.39 is 6.04 Å². The minimum absolute atomic E-state index is 0.0154. The third-order valence-electron chi connectivity index (χ3n) is 3.35. The molecule has 0 aromatic carbocycles. The minimum Gasteiger partial charge on any atom is -0.459 e. The lowest BCUT2D eigenvalue weighted by Crippen LogP contribution is -2.55. The van der Waals surface area contributed by atoms with Crippen LogP contribution in [0.25, 0.3) is 0 Å². The number of morpholine rings is 1. The standard InChI is InChI=1S/C14H20N2O4/c1-9-8-20-10(2)7-16(9)14(18)11(3)15-13(17)12-5-4-6-19-12/h4-6,9-11H,7-8H2,1-3H3,(H,15,17). The zero-order chi connectivity index (χ0) is 14.7. The summed E-state index contributed by atoms with van der Waals surface area (Å²) < 4.78 is 10.5. The summed E-state index contributed by atoms with van der Waals surface area (Å²) in [7, 11) is 0. The molecule has 110 valence electrons. The highest BCUT2D eigenvalue weighted by Gasteiger charge is 2.31. The molecular formula is C14H20N2O4. The zero-order valence-electron chi connectivity index (χ0n) is 12.0. The van der Waals surface area contributed by atoms with Gasteiger partial charge in [-0.05, 0) is 32.9 Å². The molecule has 0 spiro atoms. The number of carbonyl (C=O) groups is 2. The smallest absolute Gasteiger partial charge is 0.287 e. The molecule has 1 aromatic heterocycles. The molecule has 1 aromatic rings. The van der Waals surface area contributed by atoms with Gasteiger partial charge in [0.25, 0.3) is 5.91 Å². The second kappa shape index (κ2) is 6.09. The number of nitrogens with zero attached hydrogens (tertiary/aromatic N) is 1. The van der Waals surface area contributed by atoms with E-state index in [0.717, 1.165) is 0 Å². The Balaban J connectivity index is 1.96. The van der Waals surface area contributed by atoms with Gasteiger partial charge < -0.3 is 19.4 Å². The van der Waals surface area contributed by atoms with Gasteiger partial charge in [-0.3, -0.25) is 9.59 Å². The second-order valence-corrected chi connectivity index (χ2v) is 5.16. The van der Waals surface area contributed by atoms with Crippen molar-refractivity contribution in [1.82, 2.24) is 10.2 Å². The molecular weight excluding hydrogens is 260 g/mol. The summed E-state index contributed by atoms with van der Waals surface area (Å²) in [6.07, 6.45) is 1.44. The van der Waals surface area contributed by atoms with E-state index in [0.29, 0.717) is 13.2 Å². The number of hydrogen-bond acceptors (Lipinski definition) is 4. The molecule has 1 aliphatic rings. The molecule has 2 heterocycles. The summed E-state index contributed by atoms with van der Waals surface area (Å²) in [5.41, 5.74) is 0. The van der Waals surface area contributed by atoms with E-state index in [1.165, 1.54) is 6.26 Å². The van der Waals surface area contributed by atoms with Crippen LogP contribution in [0.4, 0.5) is 0 Å². The minimum atomic E-state index is -0.597. The molecule has 0 bridgehead atoms. The third-order valence-corrected chi connectivity index (χ3v) is 3.35. The first-order chi connectivity index (χ1) is 9.49. The first kappa shape index (κ1) is 14.6. The monoisotopic (exact) mass is 280 g/mol. The van der Waals surface area contributed by atoms with Crippen LogP contribution < -0.4 is 5.32 Å². The van der Waals surface area contributed by atoms with Gasteiger partial charge in [-0.25, -0.2) is 0 Å². The van der Waals surface area contributed by atoms with Crippen molar-refractivity contribution in [2.45, 2.75) is 39.0 Å². The summed E-state index contributed by atoms with van der Waals surface area (Å²) >= 11 is 0. The first-order valence-electron chi connectivity index (χ1n) is 6.75. The van der Waals surface area contributed by atoms with Crippen LogP contribution in [0.3, 0.4) is 0 Å². The van der Waals surface area contributed by atoms with Crippen molar-refractivity contribution >= 4 is 11.8 Å². The van der Waals surface area contributed by atoms with Gasteiger partial charge in [-0.15, -0.1) is 0 Å². The van der Waals surface area contributed by atoms with Gasteiger partial charge in [-0.2, -0.15) is 0 Å². The van der Waals surface area contributed by atoms with Crippen molar-refractivity contribution in [3.05, 3.63) is 24.2 Å². The predicted molar refractivity (Wildman–Crippen MR) is 72.2 cm³/mol. The fourth-order valence-electron chi connectivity index (χ4n) is 2.20. The van der Waals surface area contributed by atoms with Gasteiger partial charge in [0.2, 0.25) is 5.91 Å². The van der Waals surface area contributed by atoms with E-state index in [2.05, 4.69) is 5.32 Å². The molecule has 6 nitrogen and oxygen atoms in total. The Morgan fingerprint density at radius 1 is 1.45 bits per heavy atom. The summed E-state index contributed by atoms with van der Waals surface area (Å²) in [5, 5.41) is 2.65.